The molecule has 0 amide bonds. The largest absolute Gasteiger partial charge is 0.344 e. The first kappa shape index (κ1) is 12.2. The SMILES string of the molecule is CCCCC1CCCC1[Si](Cl)(Cl)Cl. The number of hydrogen-bond acceptors (Lipinski definition) is 0. The summed E-state index contributed by atoms with van der Waals surface area (Å²) in [5.74, 6) is 0.708. The van der Waals surface area contributed by atoms with E-state index in [1.54, 1.807) is 0 Å². The summed E-state index contributed by atoms with van der Waals surface area (Å²) in [6.07, 6.45) is 7.51. The Morgan fingerprint density at radius 3 is 2.46 bits per heavy atom. The lowest BCUT2D eigenvalue weighted by molar-refractivity contribution is 0.477. The molecule has 0 bridgehead atoms. The van der Waals surface area contributed by atoms with Crippen molar-refractivity contribution in [2.24, 2.45) is 5.92 Å². The number of rotatable bonds is 4. The van der Waals surface area contributed by atoms with Gasteiger partial charge in [-0.2, -0.15) is 0 Å². The van der Waals surface area contributed by atoms with Crippen molar-refractivity contribution < 1.29 is 0 Å². The fourth-order valence-electron chi connectivity index (χ4n) is 2.28. The summed E-state index contributed by atoms with van der Waals surface area (Å²) in [7, 11) is 0. The van der Waals surface area contributed by atoms with Crippen molar-refractivity contribution in [3.8, 4) is 0 Å². The fourth-order valence-corrected chi connectivity index (χ4v) is 6.26. The zero-order valence-electron chi connectivity index (χ0n) is 8.03. The van der Waals surface area contributed by atoms with Crippen LogP contribution in [0.3, 0.4) is 0 Å². The molecule has 0 heterocycles. The van der Waals surface area contributed by atoms with Gasteiger partial charge in [0.2, 0.25) is 0 Å². The Morgan fingerprint density at radius 2 is 1.92 bits per heavy atom. The molecule has 0 aromatic carbocycles. The molecule has 2 atom stereocenters. The molecule has 1 fully saturated rings. The van der Waals surface area contributed by atoms with Crippen LogP contribution in [0.25, 0.3) is 0 Å². The van der Waals surface area contributed by atoms with Gasteiger partial charge in [0.05, 0.1) is 0 Å². The topological polar surface area (TPSA) is 0 Å². The first-order chi connectivity index (χ1) is 6.05. The Hall–Kier alpha value is 1.09. The van der Waals surface area contributed by atoms with Gasteiger partial charge < -0.3 is 0 Å². The zero-order chi connectivity index (χ0) is 9.90. The van der Waals surface area contributed by atoms with Crippen molar-refractivity contribution in [1.29, 1.82) is 0 Å². The Bertz CT molecular complexity index is 155. The van der Waals surface area contributed by atoms with Crippen LogP contribution < -0.4 is 0 Å². The molecule has 1 saturated carbocycles. The molecule has 1 aliphatic rings. The molecule has 0 saturated heterocycles. The van der Waals surface area contributed by atoms with Gasteiger partial charge >= 0.3 is 6.00 Å². The zero-order valence-corrected chi connectivity index (χ0v) is 11.3. The highest BCUT2D eigenvalue weighted by Crippen LogP contribution is 2.50. The average molecular weight is 260 g/mol. The molecular weight excluding hydrogens is 243 g/mol. The third-order valence-corrected chi connectivity index (χ3v) is 7.13. The minimum atomic E-state index is -2.42. The number of unbranched alkanes of at least 4 members (excludes halogenated alkanes) is 1. The lowest BCUT2D eigenvalue weighted by Crippen LogP contribution is -2.23. The minimum Gasteiger partial charge on any atom is -0.126 e. The minimum absolute atomic E-state index is 0.434. The van der Waals surface area contributed by atoms with Gasteiger partial charge in [0, 0.05) is 0 Å². The van der Waals surface area contributed by atoms with Crippen LogP contribution in [0.5, 0.6) is 0 Å². The molecule has 0 N–H and O–H groups in total. The van der Waals surface area contributed by atoms with E-state index in [0.29, 0.717) is 11.5 Å². The first-order valence-corrected chi connectivity index (χ1v) is 10.2. The Balaban J connectivity index is 2.44. The molecule has 2 unspecified atom stereocenters. The second-order valence-electron chi connectivity index (χ2n) is 3.98. The maximum absolute atomic E-state index is 6.08. The lowest BCUT2D eigenvalue weighted by Gasteiger charge is -2.23. The van der Waals surface area contributed by atoms with E-state index in [4.69, 9.17) is 33.2 Å². The molecule has 13 heavy (non-hydrogen) atoms. The predicted octanol–water partition coefficient (Wildman–Crippen LogP) is 5.00. The molecule has 1 rings (SSSR count). The summed E-state index contributed by atoms with van der Waals surface area (Å²) >= 11 is 18.2. The van der Waals surface area contributed by atoms with Gasteiger partial charge in [0.15, 0.2) is 0 Å². The molecule has 1 aliphatic carbocycles. The van der Waals surface area contributed by atoms with Crippen LogP contribution in [0.1, 0.15) is 45.4 Å². The van der Waals surface area contributed by atoms with Gasteiger partial charge in [0.1, 0.15) is 0 Å². The van der Waals surface area contributed by atoms with Crippen LogP contribution in [0.4, 0.5) is 0 Å². The van der Waals surface area contributed by atoms with Crippen molar-refractivity contribution in [1.82, 2.24) is 0 Å². The molecule has 0 radical (unpaired) electrons. The summed E-state index contributed by atoms with van der Waals surface area (Å²) in [5.41, 5.74) is 0.434. The Labute approximate surface area is 96.1 Å². The quantitative estimate of drug-likeness (QED) is 0.492. The molecule has 0 aromatic heterocycles. The lowest BCUT2D eigenvalue weighted by atomic mass is 10.0. The molecule has 0 spiro atoms. The number of halogens is 3. The van der Waals surface area contributed by atoms with Gasteiger partial charge in [-0.05, 0) is 17.9 Å². The van der Waals surface area contributed by atoms with E-state index in [-0.39, 0.29) is 0 Å². The van der Waals surface area contributed by atoms with Gasteiger partial charge in [-0.1, -0.05) is 39.0 Å². The summed E-state index contributed by atoms with van der Waals surface area (Å²) in [5, 5.41) is 0. The highest BCUT2D eigenvalue weighted by atomic mass is 35.8. The van der Waals surface area contributed by atoms with Crippen LogP contribution >= 0.6 is 33.2 Å². The van der Waals surface area contributed by atoms with E-state index in [9.17, 15) is 0 Å². The second-order valence-corrected chi connectivity index (χ2v) is 12.9. The Morgan fingerprint density at radius 1 is 1.23 bits per heavy atom. The summed E-state index contributed by atoms with van der Waals surface area (Å²) in [6.45, 7) is 2.22. The number of hydrogen-bond donors (Lipinski definition) is 0. The van der Waals surface area contributed by atoms with E-state index in [0.717, 1.165) is 6.42 Å². The van der Waals surface area contributed by atoms with Crippen molar-refractivity contribution >= 4 is 39.2 Å². The maximum atomic E-state index is 6.08. The van der Waals surface area contributed by atoms with E-state index in [1.165, 1.54) is 32.1 Å². The van der Waals surface area contributed by atoms with Crippen molar-refractivity contribution in [2.75, 3.05) is 0 Å². The monoisotopic (exact) mass is 258 g/mol. The molecular formula is C9H17Cl3Si. The van der Waals surface area contributed by atoms with Crippen molar-refractivity contribution in [3.63, 3.8) is 0 Å². The third kappa shape index (κ3) is 3.62. The van der Waals surface area contributed by atoms with Crippen LogP contribution in [0.2, 0.25) is 5.54 Å². The average Bonchev–Trinajstić information content (AvgIpc) is 2.47. The molecule has 0 aliphatic heterocycles. The van der Waals surface area contributed by atoms with Gasteiger partial charge in [-0.25, -0.2) is 0 Å². The smallest absolute Gasteiger partial charge is 0.126 e. The summed E-state index contributed by atoms with van der Waals surface area (Å²) < 4.78 is 0. The maximum Gasteiger partial charge on any atom is 0.344 e. The first-order valence-electron chi connectivity index (χ1n) is 5.12. The molecule has 0 aromatic rings. The van der Waals surface area contributed by atoms with Gasteiger partial charge in [0.25, 0.3) is 0 Å². The van der Waals surface area contributed by atoms with E-state index >= 15 is 0 Å². The van der Waals surface area contributed by atoms with Crippen LogP contribution in [-0.4, -0.2) is 6.00 Å². The van der Waals surface area contributed by atoms with Crippen LogP contribution in [0, 0.1) is 5.92 Å². The van der Waals surface area contributed by atoms with Gasteiger partial charge in [-0.3, -0.25) is 0 Å². The normalized spacial score (nSPS) is 29.5. The highest BCUT2D eigenvalue weighted by Gasteiger charge is 2.43. The second kappa shape index (κ2) is 5.25. The van der Waals surface area contributed by atoms with E-state index < -0.39 is 6.00 Å². The third-order valence-electron chi connectivity index (χ3n) is 3.01. The molecule has 4 heteroatoms. The highest BCUT2D eigenvalue weighted by molar-refractivity contribution is 7.65. The van der Waals surface area contributed by atoms with E-state index in [1.807, 2.05) is 0 Å². The molecule has 0 nitrogen and oxygen atoms in total. The van der Waals surface area contributed by atoms with E-state index in [2.05, 4.69) is 6.92 Å². The standard InChI is InChI=1S/C9H17Cl3Si/c1-2-3-5-8-6-4-7-9(8)13(10,11)12/h8-9H,2-7H2,1H3. The fraction of sp³-hybridized carbons (Fsp3) is 1.00. The summed E-state index contributed by atoms with van der Waals surface area (Å²) in [6, 6.07) is -2.42. The molecule has 78 valence electrons. The predicted molar refractivity (Wildman–Crippen MR) is 63.9 cm³/mol. The Kier molecular flexibility index (Phi) is 4.91. The van der Waals surface area contributed by atoms with Crippen molar-refractivity contribution in [2.45, 2.75) is 51.0 Å². The van der Waals surface area contributed by atoms with Crippen molar-refractivity contribution in [3.05, 3.63) is 0 Å². The van der Waals surface area contributed by atoms with Gasteiger partial charge in [-0.15, -0.1) is 33.2 Å². The summed E-state index contributed by atoms with van der Waals surface area (Å²) in [4.78, 5) is 0. The van der Waals surface area contributed by atoms with Crippen LogP contribution in [-0.2, 0) is 0 Å². The van der Waals surface area contributed by atoms with Crippen LogP contribution in [0.15, 0.2) is 0 Å².